The van der Waals surface area contributed by atoms with Gasteiger partial charge in [0, 0.05) is 25.2 Å². The van der Waals surface area contributed by atoms with E-state index in [1.807, 2.05) is 4.90 Å². The van der Waals surface area contributed by atoms with Crippen molar-refractivity contribution in [1.29, 1.82) is 0 Å². The number of aromatic nitrogens is 2. The first-order valence-corrected chi connectivity index (χ1v) is 6.74. The number of rotatable bonds is 3. The maximum absolute atomic E-state index is 11.8. The highest BCUT2D eigenvalue weighted by Crippen LogP contribution is 2.35. The number of benzene rings is 1. The summed E-state index contributed by atoms with van der Waals surface area (Å²) in [6, 6.07) is 2.99. The predicted molar refractivity (Wildman–Crippen MR) is 78.4 cm³/mol. The molecule has 1 aromatic carbocycles. The van der Waals surface area contributed by atoms with E-state index in [1.165, 1.54) is 12.4 Å². The van der Waals surface area contributed by atoms with Crippen molar-refractivity contribution in [2.75, 3.05) is 18.0 Å². The summed E-state index contributed by atoms with van der Waals surface area (Å²) in [4.78, 5) is 31.1. The predicted octanol–water partition coefficient (Wildman–Crippen LogP) is 0.759. The quantitative estimate of drug-likeness (QED) is 0.636. The van der Waals surface area contributed by atoms with E-state index in [-0.39, 0.29) is 22.7 Å². The Morgan fingerprint density at radius 1 is 1.52 bits per heavy atom. The van der Waals surface area contributed by atoms with Crippen LogP contribution in [-0.2, 0) is 0 Å². The lowest BCUT2D eigenvalue weighted by Gasteiger charge is -2.25. The highest BCUT2D eigenvalue weighted by molar-refractivity contribution is 5.87. The van der Waals surface area contributed by atoms with Gasteiger partial charge in [-0.1, -0.05) is 0 Å². The normalized spacial score (nSPS) is 18.3. The molecule has 1 unspecified atom stereocenters. The molecule has 1 fully saturated rings. The number of nitrogens with one attached hydrogen (secondary N) is 1. The van der Waals surface area contributed by atoms with E-state index in [0.717, 1.165) is 19.4 Å². The van der Waals surface area contributed by atoms with Crippen molar-refractivity contribution in [1.82, 2.24) is 9.97 Å². The lowest BCUT2D eigenvalue weighted by Crippen LogP contribution is -2.35. The van der Waals surface area contributed by atoms with E-state index < -0.39 is 4.92 Å². The van der Waals surface area contributed by atoms with Crippen LogP contribution < -0.4 is 16.2 Å². The van der Waals surface area contributed by atoms with Crippen molar-refractivity contribution in [2.24, 2.45) is 5.73 Å². The number of aromatic amines is 1. The molecule has 1 aliphatic rings. The zero-order chi connectivity index (χ0) is 15.0. The van der Waals surface area contributed by atoms with Gasteiger partial charge in [-0.3, -0.25) is 14.9 Å². The first kappa shape index (κ1) is 13.5. The van der Waals surface area contributed by atoms with E-state index in [0.29, 0.717) is 17.7 Å². The molecule has 2 aromatic rings. The average molecular weight is 289 g/mol. The fourth-order valence-electron chi connectivity index (χ4n) is 2.87. The third kappa shape index (κ3) is 2.23. The summed E-state index contributed by atoms with van der Waals surface area (Å²) < 4.78 is 0. The molecule has 1 atom stereocenters. The number of nitrogens with two attached hydrogens (primary N) is 1. The van der Waals surface area contributed by atoms with Gasteiger partial charge >= 0.3 is 0 Å². The zero-order valence-corrected chi connectivity index (χ0v) is 11.3. The van der Waals surface area contributed by atoms with Crippen LogP contribution in [0.2, 0.25) is 0 Å². The van der Waals surface area contributed by atoms with Crippen molar-refractivity contribution in [3.63, 3.8) is 0 Å². The van der Waals surface area contributed by atoms with E-state index in [1.54, 1.807) is 6.07 Å². The number of fused-ring (bicyclic) bond motifs is 1. The Kier molecular flexibility index (Phi) is 3.30. The maximum atomic E-state index is 11.8. The van der Waals surface area contributed by atoms with Crippen LogP contribution in [-0.4, -0.2) is 34.0 Å². The number of anilines is 1. The van der Waals surface area contributed by atoms with E-state index in [9.17, 15) is 14.9 Å². The van der Waals surface area contributed by atoms with Crippen LogP contribution in [0.5, 0.6) is 0 Å². The Labute approximate surface area is 119 Å². The monoisotopic (exact) mass is 289 g/mol. The zero-order valence-electron chi connectivity index (χ0n) is 11.3. The fourth-order valence-corrected chi connectivity index (χ4v) is 2.87. The topological polar surface area (TPSA) is 118 Å². The number of H-pyrrole nitrogens is 1. The maximum Gasteiger partial charge on any atom is 0.293 e. The van der Waals surface area contributed by atoms with Crippen LogP contribution in [0.4, 0.5) is 11.4 Å². The van der Waals surface area contributed by atoms with Gasteiger partial charge in [0.25, 0.3) is 11.2 Å². The summed E-state index contributed by atoms with van der Waals surface area (Å²) in [7, 11) is 0. The first-order chi connectivity index (χ1) is 10.1. The van der Waals surface area contributed by atoms with Crippen LogP contribution in [0.3, 0.4) is 0 Å². The SMILES string of the molecule is NCC1CCCN1c1cc2nc[nH]c(=O)c2cc1[N+](=O)[O-]. The third-order valence-electron chi connectivity index (χ3n) is 3.89. The summed E-state index contributed by atoms with van der Waals surface area (Å²) in [5.41, 5.74) is 6.21. The first-order valence-electron chi connectivity index (χ1n) is 6.74. The molecule has 110 valence electrons. The van der Waals surface area contributed by atoms with Gasteiger partial charge in [0.15, 0.2) is 0 Å². The highest BCUT2D eigenvalue weighted by atomic mass is 16.6. The minimum absolute atomic E-state index is 0.0821. The van der Waals surface area contributed by atoms with Crippen LogP contribution in [0.25, 0.3) is 10.9 Å². The van der Waals surface area contributed by atoms with Gasteiger partial charge in [0.1, 0.15) is 5.69 Å². The summed E-state index contributed by atoms with van der Waals surface area (Å²) in [5.74, 6) is 0. The molecule has 0 bridgehead atoms. The summed E-state index contributed by atoms with van der Waals surface area (Å²) in [6.45, 7) is 1.16. The van der Waals surface area contributed by atoms with Crippen molar-refractivity contribution in [3.05, 3.63) is 38.9 Å². The second-order valence-electron chi connectivity index (χ2n) is 5.07. The summed E-state index contributed by atoms with van der Waals surface area (Å²) in [5, 5.41) is 11.6. The lowest BCUT2D eigenvalue weighted by atomic mass is 10.1. The van der Waals surface area contributed by atoms with Crippen LogP contribution in [0.1, 0.15) is 12.8 Å². The number of nitrogens with zero attached hydrogens (tertiary/aromatic N) is 3. The molecule has 0 spiro atoms. The third-order valence-corrected chi connectivity index (χ3v) is 3.89. The van der Waals surface area contributed by atoms with E-state index in [2.05, 4.69) is 9.97 Å². The molecule has 0 amide bonds. The summed E-state index contributed by atoms with van der Waals surface area (Å²) >= 11 is 0. The Balaban J connectivity index is 2.23. The van der Waals surface area contributed by atoms with Gasteiger partial charge < -0.3 is 15.6 Å². The molecule has 21 heavy (non-hydrogen) atoms. The van der Waals surface area contributed by atoms with Crippen molar-refractivity contribution < 1.29 is 4.92 Å². The summed E-state index contributed by atoms with van der Waals surface area (Å²) in [6.07, 6.45) is 3.15. The Morgan fingerprint density at radius 3 is 3.05 bits per heavy atom. The van der Waals surface area contributed by atoms with Crippen molar-refractivity contribution in [3.8, 4) is 0 Å². The van der Waals surface area contributed by atoms with Gasteiger partial charge in [-0.2, -0.15) is 0 Å². The molecule has 1 aliphatic heterocycles. The molecule has 0 radical (unpaired) electrons. The number of hydrogen-bond donors (Lipinski definition) is 2. The lowest BCUT2D eigenvalue weighted by molar-refractivity contribution is -0.384. The molecule has 1 saturated heterocycles. The molecular weight excluding hydrogens is 274 g/mol. The standard InChI is InChI=1S/C13H15N5O3/c14-6-8-2-1-3-17(8)11-5-10-9(4-12(11)18(20)21)13(19)16-7-15-10/h4-5,7-8H,1-3,6,14H2,(H,15,16,19). The molecule has 1 aromatic heterocycles. The molecule has 2 heterocycles. The van der Waals surface area contributed by atoms with Crippen LogP contribution >= 0.6 is 0 Å². The average Bonchev–Trinajstić information content (AvgIpc) is 2.94. The second-order valence-corrected chi connectivity index (χ2v) is 5.07. The largest absolute Gasteiger partial charge is 0.362 e. The highest BCUT2D eigenvalue weighted by Gasteiger charge is 2.29. The molecule has 3 N–H and O–H groups in total. The molecule has 8 heteroatoms. The Hall–Kier alpha value is -2.48. The van der Waals surface area contributed by atoms with Gasteiger partial charge in [-0.15, -0.1) is 0 Å². The van der Waals surface area contributed by atoms with Crippen molar-refractivity contribution >= 4 is 22.3 Å². The molecule has 0 saturated carbocycles. The number of nitro benzene ring substituents is 1. The second kappa shape index (κ2) is 5.13. The minimum atomic E-state index is -0.465. The van der Waals surface area contributed by atoms with Gasteiger partial charge in [-0.25, -0.2) is 4.98 Å². The van der Waals surface area contributed by atoms with E-state index in [4.69, 9.17) is 5.73 Å². The molecular formula is C13H15N5O3. The smallest absolute Gasteiger partial charge is 0.293 e. The van der Waals surface area contributed by atoms with Crippen LogP contribution in [0, 0.1) is 10.1 Å². The van der Waals surface area contributed by atoms with Gasteiger partial charge in [0.2, 0.25) is 0 Å². The van der Waals surface area contributed by atoms with Crippen LogP contribution in [0.15, 0.2) is 23.3 Å². The minimum Gasteiger partial charge on any atom is -0.362 e. The van der Waals surface area contributed by atoms with Crippen molar-refractivity contribution in [2.45, 2.75) is 18.9 Å². The number of nitro groups is 1. The Morgan fingerprint density at radius 2 is 2.33 bits per heavy atom. The molecule has 3 rings (SSSR count). The number of hydrogen-bond acceptors (Lipinski definition) is 6. The molecule has 8 nitrogen and oxygen atoms in total. The van der Waals surface area contributed by atoms with E-state index >= 15 is 0 Å². The Bertz CT molecular complexity index is 757. The van der Waals surface area contributed by atoms with Gasteiger partial charge in [-0.05, 0) is 18.9 Å². The van der Waals surface area contributed by atoms with Gasteiger partial charge in [0.05, 0.1) is 22.2 Å². The molecule has 0 aliphatic carbocycles. The fraction of sp³-hybridized carbons (Fsp3) is 0.385.